The van der Waals surface area contributed by atoms with E-state index in [1.807, 2.05) is 37.4 Å². The molecule has 0 saturated carbocycles. The Labute approximate surface area is 127 Å². The van der Waals surface area contributed by atoms with Crippen LogP contribution in [0.1, 0.15) is 16.1 Å². The largest absolute Gasteiger partial charge is 0.433 e. The number of benzene rings is 1. The molecule has 0 saturated heterocycles. The van der Waals surface area contributed by atoms with Crippen molar-refractivity contribution in [3.05, 3.63) is 63.9 Å². The van der Waals surface area contributed by atoms with Crippen molar-refractivity contribution >= 4 is 11.8 Å². The Kier molecular flexibility index (Phi) is 5.26. The number of furan rings is 1. The van der Waals surface area contributed by atoms with Gasteiger partial charge in [0.25, 0.3) is 5.91 Å². The molecule has 0 fully saturated rings. The van der Waals surface area contributed by atoms with Gasteiger partial charge in [0, 0.05) is 19.6 Å². The maximum atomic E-state index is 11.8. The van der Waals surface area contributed by atoms with Gasteiger partial charge in [0.1, 0.15) is 4.92 Å². The van der Waals surface area contributed by atoms with Crippen molar-refractivity contribution in [3.63, 3.8) is 0 Å². The zero-order valence-electron chi connectivity index (χ0n) is 12.2. The van der Waals surface area contributed by atoms with Crippen molar-refractivity contribution in [2.75, 3.05) is 20.1 Å². The third kappa shape index (κ3) is 4.42. The number of nitrogens with zero attached hydrogens (tertiary/aromatic N) is 2. The van der Waals surface area contributed by atoms with Crippen LogP contribution in [0.2, 0.25) is 0 Å². The first-order valence-electron chi connectivity index (χ1n) is 6.81. The van der Waals surface area contributed by atoms with E-state index in [0.717, 1.165) is 12.6 Å². The lowest BCUT2D eigenvalue weighted by atomic mass is 10.2. The molecule has 0 bridgehead atoms. The summed E-state index contributed by atoms with van der Waals surface area (Å²) in [7, 11) is 1.96. The van der Waals surface area contributed by atoms with Crippen molar-refractivity contribution in [2.45, 2.75) is 6.54 Å². The molecule has 0 radical (unpaired) electrons. The van der Waals surface area contributed by atoms with E-state index in [0.29, 0.717) is 13.1 Å². The molecule has 0 aliphatic heterocycles. The summed E-state index contributed by atoms with van der Waals surface area (Å²) in [4.78, 5) is 23.7. The molecule has 0 spiro atoms. The Hall–Kier alpha value is -2.67. The molecule has 0 aliphatic rings. The summed E-state index contributed by atoms with van der Waals surface area (Å²) in [6, 6.07) is 12.5. The minimum absolute atomic E-state index is 0.0580. The van der Waals surface area contributed by atoms with Crippen molar-refractivity contribution in [2.24, 2.45) is 0 Å². The number of carbonyl (C=O) groups is 1. The lowest BCUT2D eigenvalue weighted by molar-refractivity contribution is -0.402. The molecule has 22 heavy (non-hydrogen) atoms. The fourth-order valence-corrected chi connectivity index (χ4v) is 1.97. The van der Waals surface area contributed by atoms with Gasteiger partial charge in [0.15, 0.2) is 5.76 Å². The molecule has 1 heterocycles. The van der Waals surface area contributed by atoms with Gasteiger partial charge < -0.3 is 14.6 Å². The predicted molar refractivity (Wildman–Crippen MR) is 80.5 cm³/mol. The van der Waals surface area contributed by atoms with Gasteiger partial charge in [-0.15, -0.1) is 0 Å². The second kappa shape index (κ2) is 7.37. The van der Waals surface area contributed by atoms with Crippen LogP contribution in [0.5, 0.6) is 0 Å². The lowest BCUT2D eigenvalue weighted by Gasteiger charge is -2.16. The normalized spacial score (nSPS) is 10.6. The van der Waals surface area contributed by atoms with Gasteiger partial charge >= 0.3 is 5.88 Å². The van der Waals surface area contributed by atoms with Gasteiger partial charge in [-0.3, -0.25) is 14.9 Å². The zero-order valence-corrected chi connectivity index (χ0v) is 12.2. The van der Waals surface area contributed by atoms with Crippen LogP contribution in [-0.2, 0) is 6.54 Å². The summed E-state index contributed by atoms with van der Waals surface area (Å²) in [6.07, 6.45) is 0. The highest BCUT2D eigenvalue weighted by molar-refractivity contribution is 5.91. The monoisotopic (exact) mass is 303 g/mol. The molecule has 2 rings (SSSR count). The summed E-state index contributed by atoms with van der Waals surface area (Å²) in [5.74, 6) is -0.954. The topological polar surface area (TPSA) is 88.6 Å². The first kappa shape index (κ1) is 15.7. The summed E-state index contributed by atoms with van der Waals surface area (Å²) < 4.78 is 4.84. The van der Waals surface area contributed by atoms with E-state index in [2.05, 4.69) is 10.2 Å². The average Bonchev–Trinajstić information content (AvgIpc) is 2.98. The number of nitro groups is 1. The van der Waals surface area contributed by atoms with E-state index in [1.54, 1.807) is 0 Å². The molecule has 1 amide bonds. The maximum Gasteiger partial charge on any atom is 0.433 e. The Morgan fingerprint density at radius 1 is 1.27 bits per heavy atom. The van der Waals surface area contributed by atoms with Crippen LogP contribution in [0.25, 0.3) is 0 Å². The molecule has 0 unspecified atom stereocenters. The van der Waals surface area contributed by atoms with Gasteiger partial charge in [-0.25, -0.2) is 0 Å². The van der Waals surface area contributed by atoms with E-state index in [1.165, 1.54) is 11.6 Å². The molecule has 0 atom stereocenters. The van der Waals surface area contributed by atoms with Crippen molar-refractivity contribution in [1.29, 1.82) is 0 Å². The first-order chi connectivity index (χ1) is 10.6. The third-order valence-electron chi connectivity index (χ3n) is 3.07. The number of hydrogen-bond donors (Lipinski definition) is 1. The summed E-state index contributed by atoms with van der Waals surface area (Å²) >= 11 is 0. The van der Waals surface area contributed by atoms with Crippen molar-refractivity contribution < 1.29 is 14.1 Å². The molecule has 1 N–H and O–H groups in total. The lowest BCUT2D eigenvalue weighted by Crippen LogP contribution is -2.32. The zero-order chi connectivity index (χ0) is 15.9. The van der Waals surface area contributed by atoms with E-state index >= 15 is 0 Å². The standard InChI is InChI=1S/C15H17N3O4/c1-17(11-12-5-3-2-4-6-12)10-9-16-15(19)13-7-8-14(22-13)18(20)21/h2-8H,9-11H2,1H3,(H,16,19). The van der Waals surface area contributed by atoms with Crippen LogP contribution in [0.4, 0.5) is 5.88 Å². The Morgan fingerprint density at radius 2 is 2.00 bits per heavy atom. The number of rotatable bonds is 7. The summed E-state index contributed by atoms with van der Waals surface area (Å²) in [5, 5.41) is 13.2. The number of nitrogens with one attached hydrogen (secondary N) is 1. The van der Waals surface area contributed by atoms with E-state index in [4.69, 9.17) is 4.42 Å². The molecule has 7 heteroatoms. The van der Waals surface area contributed by atoms with Gasteiger partial charge in [-0.2, -0.15) is 0 Å². The second-order valence-electron chi connectivity index (χ2n) is 4.87. The molecule has 116 valence electrons. The fourth-order valence-electron chi connectivity index (χ4n) is 1.97. The highest BCUT2D eigenvalue weighted by Crippen LogP contribution is 2.15. The number of likely N-dealkylation sites (N-methyl/N-ethyl adjacent to an activating group) is 1. The molecule has 0 aliphatic carbocycles. The molecule has 1 aromatic carbocycles. The van der Waals surface area contributed by atoms with Crippen LogP contribution in [0, 0.1) is 10.1 Å². The minimum atomic E-state index is -0.676. The van der Waals surface area contributed by atoms with E-state index in [9.17, 15) is 14.9 Å². The number of carbonyl (C=O) groups excluding carboxylic acids is 1. The molecule has 2 aromatic rings. The van der Waals surface area contributed by atoms with Gasteiger partial charge in [-0.05, 0) is 18.7 Å². The van der Waals surface area contributed by atoms with Gasteiger partial charge in [0.2, 0.25) is 0 Å². The molecular formula is C15H17N3O4. The predicted octanol–water partition coefficient (Wildman–Crippen LogP) is 2.05. The Bertz CT molecular complexity index is 639. The van der Waals surface area contributed by atoms with Crippen LogP contribution in [0.3, 0.4) is 0 Å². The van der Waals surface area contributed by atoms with Crippen LogP contribution < -0.4 is 5.32 Å². The van der Waals surface area contributed by atoms with Crippen LogP contribution >= 0.6 is 0 Å². The van der Waals surface area contributed by atoms with E-state index in [-0.39, 0.29) is 5.76 Å². The molecular weight excluding hydrogens is 286 g/mol. The average molecular weight is 303 g/mol. The third-order valence-corrected chi connectivity index (χ3v) is 3.07. The van der Waals surface area contributed by atoms with Crippen LogP contribution in [0.15, 0.2) is 46.9 Å². The highest BCUT2D eigenvalue weighted by Gasteiger charge is 2.16. The summed E-state index contributed by atoms with van der Waals surface area (Å²) in [5.41, 5.74) is 1.19. The quantitative estimate of drug-likeness (QED) is 0.624. The maximum absolute atomic E-state index is 11.8. The molecule has 1 aromatic heterocycles. The van der Waals surface area contributed by atoms with Gasteiger partial charge in [0.05, 0.1) is 6.07 Å². The summed E-state index contributed by atoms with van der Waals surface area (Å²) in [6.45, 7) is 1.86. The highest BCUT2D eigenvalue weighted by atomic mass is 16.6. The van der Waals surface area contributed by atoms with Crippen molar-refractivity contribution in [3.8, 4) is 0 Å². The van der Waals surface area contributed by atoms with Crippen LogP contribution in [-0.4, -0.2) is 35.9 Å². The van der Waals surface area contributed by atoms with Crippen molar-refractivity contribution in [1.82, 2.24) is 10.2 Å². The number of hydrogen-bond acceptors (Lipinski definition) is 5. The fraction of sp³-hybridized carbons (Fsp3) is 0.267. The SMILES string of the molecule is CN(CCNC(=O)c1ccc([N+](=O)[O-])o1)Cc1ccccc1. The number of amides is 1. The molecule has 7 nitrogen and oxygen atoms in total. The smallest absolute Gasteiger partial charge is 0.395 e. The Morgan fingerprint density at radius 3 is 2.64 bits per heavy atom. The van der Waals surface area contributed by atoms with Gasteiger partial charge in [-0.1, -0.05) is 30.3 Å². The minimum Gasteiger partial charge on any atom is -0.395 e. The first-order valence-corrected chi connectivity index (χ1v) is 6.81. The van der Waals surface area contributed by atoms with E-state index < -0.39 is 16.7 Å². The Balaban J connectivity index is 1.75. The second-order valence-corrected chi connectivity index (χ2v) is 4.87.